The zero-order chi connectivity index (χ0) is 15.0. The second kappa shape index (κ2) is 4.98. The lowest BCUT2D eigenvalue weighted by molar-refractivity contribution is 0.596. The first-order chi connectivity index (χ1) is 9.21. The van der Waals surface area contributed by atoms with E-state index in [0.717, 1.165) is 0 Å². The topological polar surface area (TPSA) is 120 Å². The molecular formula is C12H12N2O4S2. The number of benzene rings is 2. The Kier molecular flexibility index (Phi) is 3.65. The summed E-state index contributed by atoms with van der Waals surface area (Å²) in [6.07, 6.45) is 0. The van der Waals surface area contributed by atoms with Crippen LogP contribution >= 0.6 is 0 Å². The predicted molar refractivity (Wildman–Crippen MR) is 74.6 cm³/mol. The van der Waals surface area contributed by atoms with Crippen molar-refractivity contribution < 1.29 is 16.8 Å². The lowest BCUT2D eigenvalue weighted by Crippen LogP contribution is -2.18. The number of primary sulfonamides is 2. The van der Waals surface area contributed by atoms with Crippen LogP contribution in [0.4, 0.5) is 0 Å². The third-order valence-corrected chi connectivity index (χ3v) is 4.57. The van der Waals surface area contributed by atoms with Gasteiger partial charge in [-0.3, -0.25) is 0 Å². The molecule has 0 aliphatic carbocycles. The summed E-state index contributed by atoms with van der Waals surface area (Å²) in [5.74, 6) is 0. The van der Waals surface area contributed by atoms with Crippen molar-refractivity contribution in [3.8, 4) is 11.1 Å². The van der Waals surface area contributed by atoms with E-state index in [0.29, 0.717) is 5.56 Å². The molecular weight excluding hydrogens is 300 g/mol. The van der Waals surface area contributed by atoms with Crippen molar-refractivity contribution in [1.82, 2.24) is 0 Å². The number of hydrogen-bond acceptors (Lipinski definition) is 4. The van der Waals surface area contributed by atoms with Crippen molar-refractivity contribution in [2.75, 3.05) is 0 Å². The first kappa shape index (κ1) is 14.7. The molecule has 0 aliphatic rings. The Morgan fingerprint density at radius 2 is 1.10 bits per heavy atom. The minimum Gasteiger partial charge on any atom is -0.225 e. The van der Waals surface area contributed by atoms with Crippen LogP contribution in [0.15, 0.2) is 58.3 Å². The lowest BCUT2D eigenvalue weighted by atomic mass is 10.1. The third-order valence-electron chi connectivity index (χ3n) is 2.66. The van der Waals surface area contributed by atoms with Gasteiger partial charge in [-0.1, -0.05) is 36.4 Å². The first-order valence-corrected chi connectivity index (χ1v) is 8.54. The fourth-order valence-electron chi connectivity index (χ4n) is 1.87. The average Bonchev–Trinajstić information content (AvgIpc) is 2.37. The molecule has 0 spiro atoms. The molecule has 2 rings (SSSR count). The number of sulfonamides is 2. The molecule has 0 saturated carbocycles. The van der Waals surface area contributed by atoms with E-state index in [-0.39, 0.29) is 15.4 Å². The maximum absolute atomic E-state index is 11.6. The highest BCUT2D eigenvalue weighted by Crippen LogP contribution is 2.32. The number of rotatable bonds is 3. The van der Waals surface area contributed by atoms with Gasteiger partial charge < -0.3 is 0 Å². The van der Waals surface area contributed by atoms with E-state index in [1.165, 1.54) is 18.2 Å². The molecule has 2 aromatic rings. The highest BCUT2D eigenvalue weighted by Gasteiger charge is 2.23. The summed E-state index contributed by atoms with van der Waals surface area (Å²) in [5.41, 5.74) is 0.388. The fourth-order valence-corrected chi connectivity index (χ4v) is 3.50. The standard InChI is InChI=1S/C12H12N2O4S2/c13-19(15,16)10-7-4-8-11(20(14,17)18)12(10)9-5-2-1-3-6-9/h1-8H,(H2,13,15,16)(H2,14,17,18). The zero-order valence-corrected chi connectivity index (χ0v) is 11.9. The second-order valence-corrected chi connectivity index (χ2v) is 7.15. The van der Waals surface area contributed by atoms with Crippen LogP contribution < -0.4 is 10.3 Å². The van der Waals surface area contributed by atoms with Gasteiger partial charge in [0, 0.05) is 5.56 Å². The summed E-state index contributed by atoms with van der Waals surface area (Å²) in [6, 6.07) is 12.0. The van der Waals surface area contributed by atoms with E-state index in [1.807, 2.05) is 0 Å². The molecule has 0 unspecified atom stereocenters. The average molecular weight is 312 g/mol. The molecule has 0 radical (unpaired) electrons. The minimum atomic E-state index is -4.08. The molecule has 0 fully saturated rings. The van der Waals surface area contributed by atoms with Gasteiger partial charge in [0.1, 0.15) is 0 Å². The van der Waals surface area contributed by atoms with Crippen molar-refractivity contribution in [2.24, 2.45) is 10.3 Å². The molecule has 0 saturated heterocycles. The summed E-state index contributed by atoms with van der Waals surface area (Å²) >= 11 is 0. The summed E-state index contributed by atoms with van der Waals surface area (Å²) in [4.78, 5) is -0.564. The summed E-state index contributed by atoms with van der Waals surface area (Å²) < 4.78 is 46.6. The smallest absolute Gasteiger partial charge is 0.225 e. The van der Waals surface area contributed by atoms with Gasteiger partial charge in [-0.25, -0.2) is 27.1 Å². The number of hydrogen-bond donors (Lipinski definition) is 2. The SMILES string of the molecule is NS(=O)(=O)c1cccc(S(N)(=O)=O)c1-c1ccccc1. The van der Waals surface area contributed by atoms with Crippen LogP contribution in [0.5, 0.6) is 0 Å². The summed E-state index contributed by atoms with van der Waals surface area (Å²) in [5, 5.41) is 10.3. The van der Waals surface area contributed by atoms with E-state index in [9.17, 15) is 16.8 Å². The van der Waals surface area contributed by atoms with Crippen LogP contribution in [0.3, 0.4) is 0 Å². The Labute approximate surface area is 117 Å². The van der Waals surface area contributed by atoms with Crippen LogP contribution in [-0.4, -0.2) is 16.8 Å². The normalized spacial score (nSPS) is 12.3. The quantitative estimate of drug-likeness (QED) is 0.864. The molecule has 0 atom stereocenters. The third kappa shape index (κ3) is 2.88. The molecule has 4 N–H and O–H groups in total. The number of nitrogens with two attached hydrogens (primary N) is 2. The van der Waals surface area contributed by atoms with E-state index in [1.54, 1.807) is 30.3 Å². The Balaban J connectivity index is 2.95. The Hall–Kier alpha value is -1.74. The van der Waals surface area contributed by atoms with Gasteiger partial charge in [-0.05, 0) is 17.7 Å². The van der Waals surface area contributed by atoms with Crippen LogP contribution in [0, 0.1) is 0 Å². The minimum absolute atomic E-state index is 0.0156. The predicted octanol–water partition coefficient (Wildman–Crippen LogP) is 0.648. The van der Waals surface area contributed by atoms with Crippen LogP contribution in [-0.2, 0) is 20.0 Å². The van der Waals surface area contributed by atoms with Crippen LogP contribution in [0.2, 0.25) is 0 Å². The van der Waals surface area contributed by atoms with Crippen LogP contribution in [0.25, 0.3) is 11.1 Å². The molecule has 0 heterocycles. The monoisotopic (exact) mass is 312 g/mol. The van der Waals surface area contributed by atoms with Crippen molar-refractivity contribution >= 4 is 20.0 Å². The maximum atomic E-state index is 11.6. The molecule has 8 heteroatoms. The van der Waals surface area contributed by atoms with Crippen molar-refractivity contribution in [1.29, 1.82) is 0 Å². The molecule has 0 amide bonds. The largest absolute Gasteiger partial charge is 0.238 e. The van der Waals surface area contributed by atoms with Crippen molar-refractivity contribution in [3.05, 3.63) is 48.5 Å². The van der Waals surface area contributed by atoms with Gasteiger partial charge in [-0.15, -0.1) is 0 Å². The Morgan fingerprint density at radius 3 is 1.50 bits per heavy atom. The van der Waals surface area contributed by atoms with E-state index in [2.05, 4.69) is 0 Å². The van der Waals surface area contributed by atoms with E-state index in [4.69, 9.17) is 10.3 Å². The van der Waals surface area contributed by atoms with Crippen LogP contribution in [0.1, 0.15) is 0 Å². The highest BCUT2D eigenvalue weighted by molar-refractivity contribution is 7.90. The maximum Gasteiger partial charge on any atom is 0.238 e. The Morgan fingerprint density at radius 1 is 0.650 bits per heavy atom. The zero-order valence-electron chi connectivity index (χ0n) is 10.2. The summed E-state index contributed by atoms with van der Waals surface area (Å²) in [7, 11) is -8.17. The van der Waals surface area contributed by atoms with Gasteiger partial charge in [0.25, 0.3) is 0 Å². The lowest BCUT2D eigenvalue weighted by Gasteiger charge is -2.12. The molecule has 0 aromatic heterocycles. The van der Waals surface area contributed by atoms with Crippen molar-refractivity contribution in [2.45, 2.75) is 9.79 Å². The fraction of sp³-hybridized carbons (Fsp3) is 0. The van der Waals surface area contributed by atoms with Crippen molar-refractivity contribution in [3.63, 3.8) is 0 Å². The molecule has 0 aliphatic heterocycles. The molecule has 0 bridgehead atoms. The van der Waals surface area contributed by atoms with Gasteiger partial charge in [0.05, 0.1) is 9.79 Å². The van der Waals surface area contributed by atoms with Gasteiger partial charge >= 0.3 is 0 Å². The van der Waals surface area contributed by atoms with Gasteiger partial charge in [0.2, 0.25) is 20.0 Å². The first-order valence-electron chi connectivity index (χ1n) is 5.45. The van der Waals surface area contributed by atoms with Gasteiger partial charge in [-0.2, -0.15) is 0 Å². The molecule has 106 valence electrons. The van der Waals surface area contributed by atoms with Gasteiger partial charge in [0.15, 0.2) is 0 Å². The summed E-state index contributed by atoms with van der Waals surface area (Å²) in [6.45, 7) is 0. The highest BCUT2D eigenvalue weighted by atomic mass is 32.2. The van der Waals surface area contributed by atoms with E-state index >= 15 is 0 Å². The molecule has 2 aromatic carbocycles. The Bertz CT molecular complexity index is 794. The van der Waals surface area contributed by atoms with E-state index < -0.39 is 20.0 Å². The molecule has 20 heavy (non-hydrogen) atoms. The second-order valence-electron chi connectivity index (χ2n) is 4.09. The molecule has 6 nitrogen and oxygen atoms in total.